The van der Waals surface area contributed by atoms with Crippen LogP contribution < -0.4 is 0 Å². The third-order valence-electron chi connectivity index (χ3n) is 5.46. The van der Waals surface area contributed by atoms with Gasteiger partial charge in [-0.2, -0.15) is 0 Å². The van der Waals surface area contributed by atoms with E-state index in [2.05, 4.69) is 25.2 Å². The molecule has 2 aliphatic rings. The molecule has 2 heteroatoms. The molecule has 0 radical (unpaired) electrons. The van der Waals surface area contributed by atoms with Gasteiger partial charge in [0, 0.05) is 0 Å². The maximum Gasteiger partial charge on any atom is 0.159 e. The van der Waals surface area contributed by atoms with E-state index in [0.717, 1.165) is 29.4 Å². The average molecular weight is 302 g/mol. The van der Waals surface area contributed by atoms with Crippen LogP contribution in [0.25, 0.3) is 5.57 Å². The summed E-state index contributed by atoms with van der Waals surface area (Å²) in [7, 11) is 0. The van der Waals surface area contributed by atoms with Crippen molar-refractivity contribution in [2.24, 2.45) is 17.8 Å². The van der Waals surface area contributed by atoms with Crippen LogP contribution in [0.3, 0.4) is 0 Å². The highest BCUT2D eigenvalue weighted by molar-refractivity contribution is 5.74. The molecule has 0 saturated heterocycles. The van der Waals surface area contributed by atoms with E-state index >= 15 is 0 Å². The zero-order valence-corrected chi connectivity index (χ0v) is 13.2. The first-order valence-corrected chi connectivity index (χ1v) is 8.51. The molecule has 1 aromatic rings. The van der Waals surface area contributed by atoms with Gasteiger partial charge in [0.1, 0.15) is 0 Å². The van der Waals surface area contributed by atoms with Crippen molar-refractivity contribution in [3.63, 3.8) is 0 Å². The molecule has 0 aliphatic heterocycles. The van der Waals surface area contributed by atoms with Gasteiger partial charge in [-0.15, -0.1) is 0 Å². The fourth-order valence-corrected chi connectivity index (χ4v) is 3.90. The van der Waals surface area contributed by atoms with Gasteiger partial charge in [0.2, 0.25) is 0 Å². The van der Waals surface area contributed by atoms with Crippen LogP contribution in [-0.4, -0.2) is 0 Å². The third-order valence-corrected chi connectivity index (χ3v) is 5.46. The largest absolute Gasteiger partial charge is 0.204 e. The summed E-state index contributed by atoms with van der Waals surface area (Å²) in [5.74, 6) is 0.785. The van der Waals surface area contributed by atoms with Gasteiger partial charge < -0.3 is 0 Å². The number of halogens is 2. The summed E-state index contributed by atoms with van der Waals surface area (Å²) >= 11 is 0. The Morgan fingerprint density at radius 1 is 1.05 bits per heavy atom. The lowest BCUT2D eigenvalue weighted by Gasteiger charge is -2.33. The van der Waals surface area contributed by atoms with Crippen LogP contribution in [-0.2, 0) is 0 Å². The molecule has 0 heterocycles. The molecule has 1 saturated carbocycles. The van der Waals surface area contributed by atoms with E-state index in [0.29, 0.717) is 5.92 Å². The quantitative estimate of drug-likeness (QED) is 0.629. The Hall–Kier alpha value is -1.44. The highest BCUT2D eigenvalue weighted by Crippen LogP contribution is 2.39. The van der Waals surface area contributed by atoms with Crippen molar-refractivity contribution >= 4 is 5.57 Å². The maximum absolute atomic E-state index is 13.3. The Morgan fingerprint density at radius 3 is 2.41 bits per heavy atom. The zero-order valence-electron chi connectivity index (χ0n) is 13.2. The molecule has 0 nitrogen and oxygen atoms in total. The topological polar surface area (TPSA) is 0 Å². The first-order chi connectivity index (χ1) is 10.7. The lowest BCUT2D eigenvalue weighted by molar-refractivity contribution is 0.226. The predicted octanol–water partition coefficient (Wildman–Crippen LogP) is 6.14. The molecule has 1 unspecified atom stereocenters. The number of allylic oxidation sites excluding steroid dienone is 4. The lowest BCUT2D eigenvalue weighted by Crippen LogP contribution is -2.21. The number of benzene rings is 1. The Morgan fingerprint density at radius 2 is 1.82 bits per heavy atom. The van der Waals surface area contributed by atoms with E-state index in [1.54, 1.807) is 6.07 Å². The molecule has 22 heavy (non-hydrogen) atoms. The van der Waals surface area contributed by atoms with E-state index < -0.39 is 11.6 Å². The smallest absolute Gasteiger partial charge is 0.159 e. The van der Waals surface area contributed by atoms with Gasteiger partial charge in [-0.3, -0.25) is 0 Å². The molecule has 0 aromatic heterocycles. The van der Waals surface area contributed by atoms with Crippen molar-refractivity contribution < 1.29 is 8.78 Å². The highest BCUT2D eigenvalue weighted by Gasteiger charge is 2.26. The Kier molecular flexibility index (Phi) is 4.75. The first-order valence-electron chi connectivity index (χ1n) is 8.51. The highest BCUT2D eigenvalue weighted by atomic mass is 19.2. The van der Waals surface area contributed by atoms with E-state index in [9.17, 15) is 8.78 Å². The summed E-state index contributed by atoms with van der Waals surface area (Å²) < 4.78 is 26.4. The Balaban J connectivity index is 1.63. The SMILES string of the molecule is CC[C@H]1CC[C@H](C2C=CC(c3ccc(F)c(F)c3)=CC2)CC1. The van der Waals surface area contributed by atoms with Gasteiger partial charge >= 0.3 is 0 Å². The summed E-state index contributed by atoms with van der Waals surface area (Å²) in [6.45, 7) is 2.29. The Bertz CT molecular complexity index is 577. The second-order valence-electron chi connectivity index (χ2n) is 6.74. The van der Waals surface area contributed by atoms with Gasteiger partial charge in [0.05, 0.1) is 0 Å². The van der Waals surface area contributed by atoms with Crippen molar-refractivity contribution in [3.8, 4) is 0 Å². The molecule has 0 spiro atoms. The van der Waals surface area contributed by atoms with Crippen molar-refractivity contribution in [2.75, 3.05) is 0 Å². The molecule has 1 atom stereocenters. The van der Waals surface area contributed by atoms with Gasteiger partial charge in [0.25, 0.3) is 0 Å². The number of hydrogen-bond acceptors (Lipinski definition) is 0. The monoisotopic (exact) mass is 302 g/mol. The molecule has 118 valence electrons. The molecular weight excluding hydrogens is 278 g/mol. The predicted molar refractivity (Wildman–Crippen MR) is 87.3 cm³/mol. The van der Waals surface area contributed by atoms with Crippen LogP contribution in [0.2, 0.25) is 0 Å². The second-order valence-corrected chi connectivity index (χ2v) is 6.74. The molecular formula is C20H24F2. The molecule has 3 rings (SSSR count). The maximum atomic E-state index is 13.3. The van der Waals surface area contributed by atoms with Crippen molar-refractivity contribution in [1.29, 1.82) is 0 Å². The molecule has 1 aromatic carbocycles. The average Bonchev–Trinajstić information content (AvgIpc) is 2.58. The van der Waals surface area contributed by atoms with E-state index in [4.69, 9.17) is 0 Å². The molecule has 0 amide bonds. The van der Waals surface area contributed by atoms with Crippen molar-refractivity contribution in [1.82, 2.24) is 0 Å². The minimum absolute atomic E-state index is 0.617. The molecule has 0 bridgehead atoms. The third kappa shape index (κ3) is 3.31. The fraction of sp³-hybridized carbons (Fsp3) is 0.500. The number of rotatable bonds is 3. The van der Waals surface area contributed by atoms with E-state index in [-0.39, 0.29) is 0 Å². The van der Waals surface area contributed by atoms with Crippen LogP contribution in [0.4, 0.5) is 8.78 Å². The zero-order chi connectivity index (χ0) is 15.5. The fourth-order valence-electron chi connectivity index (χ4n) is 3.90. The first kappa shape index (κ1) is 15.5. The molecule has 0 N–H and O–H groups in total. The minimum Gasteiger partial charge on any atom is -0.204 e. The summed E-state index contributed by atoms with van der Waals surface area (Å²) in [6.07, 6.45) is 14.3. The van der Waals surface area contributed by atoms with Crippen LogP contribution in [0.5, 0.6) is 0 Å². The van der Waals surface area contributed by atoms with E-state index in [1.807, 2.05) is 0 Å². The van der Waals surface area contributed by atoms with Crippen LogP contribution >= 0.6 is 0 Å². The molecule has 1 fully saturated rings. The normalized spacial score (nSPS) is 28.5. The summed E-state index contributed by atoms with van der Waals surface area (Å²) in [6, 6.07) is 4.15. The summed E-state index contributed by atoms with van der Waals surface area (Å²) in [5.41, 5.74) is 1.78. The molecule has 2 aliphatic carbocycles. The summed E-state index contributed by atoms with van der Waals surface area (Å²) in [5, 5.41) is 0. The van der Waals surface area contributed by atoms with Gasteiger partial charge in [-0.05, 0) is 60.3 Å². The van der Waals surface area contributed by atoms with Gasteiger partial charge in [-0.25, -0.2) is 8.78 Å². The van der Waals surface area contributed by atoms with E-state index in [1.165, 1.54) is 44.2 Å². The van der Waals surface area contributed by atoms with Gasteiger partial charge in [0.15, 0.2) is 11.6 Å². The van der Waals surface area contributed by atoms with Crippen LogP contribution in [0.15, 0.2) is 36.4 Å². The standard InChI is InChI=1S/C20H24F2/c1-2-14-3-5-15(6-4-14)16-7-9-17(10-8-16)18-11-12-19(21)20(22)13-18/h7,9-16H,2-6,8H2,1H3/t14-,15-,16?. The lowest BCUT2D eigenvalue weighted by atomic mass is 9.73. The van der Waals surface area contributed by atoms with Crippen LogP contribution in [0, 0.1) is 29.4 Å². The van der Waals surface area contributed by atoms with Crippen molar-refractivity contribution in [2.45, 2.75) is 45.4 Å². The van der Waals surface area contributed by atoms with Gasteiger partial charge in [-0.1, -0.05) is 50.5 Å². The Labute approximate surface area is 131 Å². The summed E-state index contributed by atoms with van der Waals surface area (Å²) in [4.78, 5) is 0. The second kappa shape index (κ2) is 6.76. The minimum atomic E-state index is -0.783. The number of hydrogen-bond donors (Lipinski definition) is 0. The van der Waals surface area contributed by atoms with Crippen LogP contribution in [0.1, 0.15) is 51.0 Å². The van der Waals surface area contributed by atoms with Crippen molar-refractivity contribution in [3.05, 3.63) is 53.6 Å².